The van der Waals surface area contributed by atoms with Crippen molar-refractivity contribution in [1.29, 1.82) is 0 Å². The van der Waals surface area contributed by atoms with Crippen molar-refractivity contribution in [3.8, 4) is 23.0 Å². The first-order valence-corrected chi connectivity index (χ1v) is 11.7. The molecule has 0 aliphatic rings. The van der Waals surface area contributed by atoms with Gasteiger partial charge in [0, 0.05) is 12.5 Å². The molecule has 2 aromatic rings. The number of aryl methyl sites for hydroxylation is 1. The third kappa shape index (κ3) is 6.33. The Balaban J connectivity index is 2.55. The van der Waals surface area contributed by atoms with Gasteiger partial charge in [0.25, 0.3) is 10.0 Å². The summed E-state index contributed by atoms with van der Waals surface area (Å²) in [4.78, 5) is 14.1. The molecule has 2 aromatic carbocycles. The highest BCUT2D eigenvalue weighted by Gasteiger charge is 2.25. The van der Waals surface area contributed by atoms with Gasteiger partial charge in [0.1, 0.15) is 5.75 Å². The summed E-state index contributed by atoms with van der Waals surface area (Å²) in [5.41, 5.74) is 4.29. The number of esters is 1. The molecule has 2 rings (SSSR count). The van der Waals surface area contributed by atoms with Gasteiger partial charge >= 0.3 is 5.97 Å². The van der Waals surface area contributed by atoms with E-state index < -0.39 is 16.0 Å². The minimum absolute atomic E-state index is 0.0737. The summed E-state index contributed by atoms with van der Waals surface area (Å²) < 4.78 is 52.3. The second-order valence-electron chi connectivity index (χ2n) is 7.00. The number of nitrogens with one attached hydrogen (secondary N) is 2. The molecule has 2 N–H and O–H groups in total. The first kappa shape index (κ1) is 26.8. The molecule has 0 saturated heterocycles. The molecule has 0 bridgehead atoms. The molecule has 0 saturated carbocycles. The van der Waals surface area contributed by atoms with Crippen LogP contribution in [-0.2, 0) is 19.6 Å². The lowest BCUT2D eigenvalue weighted by Gasteiger charge is -2.21. The van der Waals surface area contributed by atoms with Gasteiger partial charge in [-0.05, 0) is 25.5 Å². The van der Waals surface area contributed by atoms with Crippen LogP contribution in [-0.4, -0.2) is 49.9 Å². The minimum atomic E-state index is -3.92. The van der Waals surface area contributed by atoms with Gasteiger partial charge in [0.15, 0.2) is 11.5 Å². The van der Waals surface area contributed by atoms with E-state index in [1.54, 1.807) is 24.3 Å². The van der Waals surface area contributed by atoms with E-state index in [2.05, 4.69) is 15.0 Å². The van der Waals surface area contributed by atoms with Crippen LogP contribution in [0.4, 0.5) is 0 Å². The maximum absolute atomic E-state index is 12.9. The summed E-state index contributed by atoms with van der Waals surface area (Å²) in [5.74, 6) is 0.782. The molecule has 10 nitrogen and oxygen atoms in total. The standard InChI is InChI=1S/C23H30N2O8S/c1-15-10-12-16(13-11-15)34(27,28)25-24-17(8-7-9-20(26)31-4)21-18(29-2)14-19(30-3)22(32-5)23(21)33-6/h8,10-14,24-25H,7,9H2,1-6H3. The molecule has 0 heterocycles. The van der Waals surface area contributed by atoms with Crippen molar-refractivity contribution in [1.82, 2.24) is 10.3 Å². The monoisotopic (exact) mass is 494 g/mol. The Labute approximate surface area is 199 Å². The number of ether oxygens (including phenoxy) is 5. The third-order valence-electron chi connectivity index (χ3n) is 4.86. The smallest absolute Gasteiger partial charge is 0.305 e. The number of carbonyl (C=O) groups excluding carboxylic acids is 1. The summed E-state index contributed by atoms with van der Waals surface area (Å²) >= 11 is 0. The number of rotatable bonds is 12. The number of hydrazine groups is 1. The lowest BCUT2D eigenvalue weighted by Crippen LogP contribution is -2.36. The highest BCUT2D eigenvalue weighted by atomic mass is 32.2. The van der Waals surface area contributed by atoms with Crippen molar-refractivity contribution < 1.29 is 36.9 Å². The average molecular weight is 495 g/mol. The SMILES string of the molecule is COC(=O)CCC=C(NNS(=O)(=O)c1ccc(C)cc1)c1c(OC)cc(OC)c(OC)c1OC. The van der Waals surface area contributed by atoms with Gasteiger partial charge in [0.2, 0.25) is 5.75 Å². The van der Waals surface area contributed by atoms with Crippen LogP contribution in [0.2, 0.25) is 0 Å². The Morgan fingerprint density at radius 2 is 1.53 bits per heavy atom. The van der Waals surface area contributed by atoms with E-state index in [9.17, 15) is 13.2 Å². The molecule has 0 amide bonds. The quantitative estimate of drug-likeness (QED) is 0.339. The summed E-state index contributed by atoms with van der Waals surface area (Å²) in [5, 5.41) is 0. The zero-order chi connectivity index (χ0) is 25.3. The summed E-state index contributed by atoms with van der Waals surface area (Å²) in [6, 6.07) is 7.97. The van der Waals surface area contributed by atoms with E-state index in [1.807, 2.05) is 6.92 Å². The Bertz CT molecular complexity index is 1130. The maximum Gasteiger partial charge on any atom is 0.305 e. The molecule has 0 radical (unpaired) electrons. The van der Waals surface area contributed by atoms with Gasteiger partial charge in [-0.3, -0.25) is 4.79 Å². The Kier molecular flexibility index (Phi) is 9.58. The van der Waals surface area contributed by atoms with Gasteiger partial charge < -0.3 is 29.1 Å². The van der Waals surface area contributed by atoms with E-state index in [0.717, 1.165) is 5.56 Å². The fourth-order valence-electron chi connectivity index (χ4n) is 3.10. The minimum Gasteiger partial charge on any atom is -0.496 e. The van der Waals surface area contributed by atoms with Gasteiger partial charge in [0.05, 0.1) is 51.7 Å². The van der Waals surface area contributed by atoms with Crippen LogP contribution >= 0.6 is 0 Å². The van der Waals surface area contributed by atoms with E-state index in [4.69, 9.17) is 18.9 Å². The number of hydrogen-bond donors (Lipinski definition) is 2. The normalized spacial score (nSPS) is 11.5. The van der Waals surface area contributed by atoms with Crippen LogP contribution in [0.15, 0.2) is 41.3 Å². The molecule has 0 aliphatic heterocycles. The lowest BCUT2D eigenvalue weighted by atomic mass is 10.1. The molecule has 0 atom stereocenters. The molecule has 0 aliphatic carbocycles. The van der Waals surface area contributed by atoms with Crippen LogP contribution in [0, 0.1) is 6.92 Å². The topological polar surface area (TPSA) is 121 Å². The fraction of sp³-hybridized carbons (Fsp3) is 0.348. The fourth-order valence-corrected chi connectivity index (χ4v) is 3.96. The van der Waals surface area contributed by atoms with Crippen molar-refractivity contribution in [2.24, 2.45) is 0 Å². The third-order valence-corrected chi connectivity index (χ3v) is 6.12. The number of hydrogen-bond acceptors (Lipinski definition) is 9. The number of benzene rings is 2. The number of carbonyl (C=O) groups is 1. The molecule has 0 fully saturated rings. The lowest BCUT2D eigenvalue weighted by molar-refractivity contribution is -0.140. The average Bonchev–Trinajstić information content (AvgIpc) is 2.84. The molecule has 11 heteroatoms. The second kappa shape index (κ2) is 12.1. The molecular formula is C23H30N2O8S. The first-order valence-electron chi connectivity index (χ1n) is 10.2. The van der Waals surface area contributed by atoms with Crippen molar-refractivity contribution in [2.45, 2.75) is 24.7 Å². The van der Waals surface area contributed by atoms with E-state index in [0.29, 0.717) is 17.1 Å². The Hall–Kier alpha value is -3.44. The van der Waals surface area contributed by atoms with Crippen LogP contribution in [0.25, 0.3) is 5.70 Å². The van der Waals surface area contributed by atoms with Gasteiger partial charge in [-0.15, -0.1) is 4.83 Å². The second-order valence-corrected chi connectivity index (χ2v) is 8.68. The van der Waals surface area contributed by atoms with Gasteiger partial charge in [-0.2, -0.15) is 0 Å². The zero-order valence-corrected chi connectivity index (χ0v) is 20.9. The first-order chi connectivity index (χ1) is 16.2. The molecule has 0 unspecified atom stereocenters. The summed E-state index contributed by atoms with van der Waals surface area (Å²) in [6.45, 7) is 1.86. The highest BCUT2D eigenvalue weighted by Crippen LogP contribution is 2.47. The highest BCUT2D eigenvalue weighted by molar-refractivity contribution is 7.89. The zero-order valence-electron chi connectivity index (χ0n) is 20.1. The predicted molar refractivity (Wildman–Crippen MR) is 127 cm³/mol. The van der Waals surface area contributed by atoms with E-state index in [1.165, 1.54) is 47.7 Å². The summed E-state index contributed by atoms with van der Waals surface area (Å²) in [6.07, 6.45) is 1.94. The van der Waals surface area contributed by atoms with Crippen molar-refractivity contribution in [2.75, 3.05) is 35.5 Å². The predicted octanol–water partition coefficient (Wildman–Crippen LogP) is 2.81. The van der Waals surface area contributed by atoms with Crippen LogP contribution in [0.3, 0.4) is 0 Å². The van der Waals surface area contributed by atoms with Crippen molar-refractivity contribution in [3.63, 3.8) is 0 Å². The number of sulfonamides is 1. The van der Waals surface area contributed by atoms with Crippen molar-refractivity contribution in [3.05, 3.63) is 47.5 Å². The van der Waals surface area contributed by atoms with Gasteiger partial charge in [-0.25, -0.2) is 8.42 Å². The number of methoxy groups -OCH3 is 5. The van der Waals surface area contributed by atoms with Crippen molar-refractivity contribution >= 4 is 21.7 Å². The molecule has 34 heavy (non-hydrogen) atoms. The van der Waals surface area contributed by atoms with Crippen LogP contribution < -0.4 is 29.2 Å². The van der Waals surface area contributed by atoms with Gasteiger partial charge in [-0.1, -0.05) is 23.8 Å². The molecular weight excluding hydrogens is 464 g/mol. The van der Waals surface area contributed by atoms with Crippen LogP contribution in [0.5, 0.6) is 23.0 Å². The molecule has 186 valence electrons. The summed E-state index contributed by atoms with van der Waals surface area (Å²) in [7, 11) is 3.17. The van der Waals surface area contributed by atoms with Crippen LogP contribution in [0.1, 0.15) is 24.0 Å². The van der Waals surface area contributed by atoms with E-state index in [-0.39, 0.29) is 34.9 Å². The molecule has 0 spiro atoms. The maximum atomic E-state index is 12.9. The number of allylic oxidation sites excluding steroid dienone is 1. The Morgan fingerprint density at radius 3 is 2.06 bits per heavy atom. The largest absolute Gasteiger partial charge is 0.496 e. The molecule has 0 aromatic heterocycles. The Morgan fingerprint density at radius 1 is 0.912 bits per heavy atom. The van der Waals surface area contributed by atoms with E-state index >= 15 is 0 Å².